The average molecular weight is 676 g/mol. The number of hydrogen-bond donors (Lipinski definition) is 2. The minimum atomic E-state index is -3.49. The zero-order valence-corrected chi connectivity index (χ0v) is 27.5. The number of carbonyl (C=O) groups is 2. The lowest BCUT2D eigenvalue weighted by Crippen LogP contribution is -2.44. The van der Waals surface area contributed by atoms with E-state index in [0.29, 0.717) is 43.5 Å². The zero-order chi connectivity index (χ0) is 33.7. The number of aryl methyl sites for hydroxylation is 2. The summed E-state index contributed by atoms with van der Waals surface area (Å²) in [7, 11) is -3.49. The molecule has 0 radical (unpaired) electrons. The van der Waals surface area contributed by atoms with Crippen molar-refractivity contribution in [1.82, 2.24) is 25.4 Å². The molecule has 1 fully saturated rings. The molecule has 1 aliphatic heterocycles. The molecule has 2 aliphatic rings. The molecular formula is C35H38FN5O6S. The Bertz CT molecular complexity index is 1860. The van der Waals surface area contributed by atoms with E-state index in [1.165, 1.54) is 0 Å². The van der Waals surface area contributed by atoms with Gasteiger partial charge in [-0.15, -0.1) is 0 Å². The van der Waals surface area contributed by atoms with E-state index in [0.717, 1.165) is 66.7 Å². The summed E-state index contributed by atoms with van der Waals surface area (Å²) in [4.78, 5) is 30.3. The van der Waals surface area contributed by atoms with Gasteiger partial charge in [0, 0.05) is 24.3 Å². The fourth-order valence-electron chi connectivity index (χ4n) is 6.13. The molecule has 2 aromatic carbocycles. The Morgan fingerprint density at radius 1 is 0.938 bits per heavy atom. The number of hydrogen-bond acceptors (Lipinski definition) is 8. The molecule has 1 saturated carbocycles. The molecule has 6 rings (SSSR count). The minimum absolute atomic E-state index is 0.0137. The molecule has 3 heterocycles. The molecule has 11 nitrogen and oxygen atoms in total. The molecule has 0 spiro atoms. The smallest absolute Gasteiger partial charge is 0.272 e. The second kappa shape index (κ2) is 14.7. The molecule has 2 amide bonds. The van der Waals surface area contributed by atoms with E-state index in [1.54, 1.807) is 18.2 Å². The van der Waals surface area contributed by atoms with E-state index in [9.17, 15) is 22.4 Å². The third-order valence-corrected chi connectivity index (χ3v) is 9.23. The second-order valence-corrected chi connectivity index (χ2v) is 13.9. The van der Waals surface area contributed by atoms with Crippen LogP contribution in [0.4, 0.5) is 4.39 Å². The lowest BCUT2D eigenvalue weighted by atomic mass is 9.91. The highest BCUT2D eigenvalue weighted by Crippen LogP contribution is 2.29. The number of halogens is 1. The van der Waals surface area contributed by atoms with Crippen molar-refractivity contribution in [2.24, 2.45) is 0 Å². The molecule has 2 N–H and O–H groups in total. The summed E-state index contributed by atoms with van der Waals surface area (Å²) in [6.07, 6.45) is 8.29. The molecule has 0 bridgehead atoms. The molecule has 0 atom stereocenters. The third-order valence-electron chi connectivity index (χ3n) is 8.63. The number of aromatic nitrogens is 3. The number of nitrogens with zero attached hydrogens (tertiary/aromatic N) is 3. The SMILES string of the molecule is CS(=O)(=O)OCCc1ccc(-c2cccc(Oc3ncc(F)cc3C(=O)NC3CCC(NC(=O)c4cc5n(n4)CCCC5)CC3)c2)cc1. The highest BCUT2D eigenvalue weighted by molar-refractivity contribution is 7.85. The van der Waals surface area contributed by atoms with Gasteiger partial charge in [-0.3, -0.25) is 18.5 Å². The van der Waals surface area contributed by atoms with Gasteiger partial charge in [-0.25, -0.2) is 9.37 Å². The summed E-state index contributed by atoms with van der Waals surface area (Å²) < 4.78 is 49.4. The van der Waals surface area contributed by atoms with Crippen LogP contribution in [0.1, 0.15) is 70.6 Å². The summed E-state index contributed by atoms with van der Waals surface area (Å²) in [5, 5.41) is 10.6. The first kappa shape index (κ1) is 33.3. The van der Waals surface area contributed by atoms with Crippen LogP contribution in [0.3, 0.4) is 0 Å². The molecule has 0 saturated heterocycles. The Kier molecular flexibility index (Phi) is 10.2. The van der Waals surface area contributed by atoms with Gasteiger partial charge in [0.1, 0.15) is 22.8 Å². The first-order valence-electron chi connectivity index (χ1n) is 16.2. The summed E-state index contributed by atoms with van der Waals surface area (Å²) >= 11 is 0. The Labute approximate surface area is 279 Å². The van der Waals surface area contributed by atoms with Gasteiger partial charge in [0.25, 0.3) is 21.9 Å². The number of pyridine rings is 1. The number of ether oxygens (including phenoxy) is 1. The maximum Gasteiger partial charge on any atom is 0.272 e. The predicted molar refractivity (Wildman–Crippen MR) is 177 cm³/mol. The standard InChI is InChI=1S/C35H38FN5O6S/c1-48(44,45)46-18-16-23-8-10-24(11-9-23)25-5-4-7-30(19-25)47-35-31(20-26(36)22-37-35)33(42)38-27-12-14-28(15-13-27)39-34(43)32-21-29-6-2-3-17-41(29)40-32/h4-5,7-11,19-22,27-28H,2-3,6,12-18H2,1H3,(H,38,42)(H,39,43). The Hall–Kier alpha value is -4.62. The summed E-state index contributed by atoms with van der Waals surface area (Å²) in [6.45, 7) is 0.910. The topological polar surface area (TPSA) is 142 Å². The van der Waals surface area contributed by atoms with Crippen LogP contribution in [0.15, 0.2) is 66.9 Å². The van der Waals surface area contributed by atoms with Crippen molar-refractivity contribution >= 4 is 21.9 Å². The number of carbonyl (C=O) groups excluding carboxylic acids is 2. The number of nitrogens with one attached hydrogen (secondary N) is 2. The number of rotatable bonds is 11. The molecule has 0 unspecified atom stereocenters. The van der Waals surface area contributed by atoms with Crippen LogP contribution in [-0.2, 0) is 33.7 Å². The van der Waals surface area contributed by atoms with E-state index < -0.39 is 21.8 Å². The van der Waals surface area contributed by atoms with Gasteiger partial charge < -0.3 is 15.4 Å². The van der Waals surface area contributed by atoms with Gasteiger partial charge in [0.05, 0.1) is 19.1 Å². The average Bonchev–Trinajstić information content (AvgIpc) is 3.51. The van der Waals surface area contributed by atoms with E-state index in [4.69, 9.17) is 8.92 Å². The Balaban J connectivity index is 1.04. The zero-order valence-electron chi connectivity index (χ0n) is 26.7. The monoisotopic (exact) mass is 675 g/mol. The molecule has 2 aromatic heterocycles. The minimum Gasteiger partial charge on any atom is -0.438 e. The summed E-state index contributed by atoms with van der Waals surface area (Å²) in [6, 6.07) is 17.7. The van der Waals surface area contributed by atoms with E-state index in [1.807, 2.05) is 41.1 Å². The van der Waals surface area contributed by atoms with Crippen LogP contribution >= 0.6 is 0 Å². The molecule has 48 heavy (non-hydrogen) atoms. The maximum absolute atomic E-state index is 14.3. The lowest BCUT2D eigenvalue weighted by molar-refractivity contribution is 0.0887. The lowest BCUT2D eigenvalue weighted by Gasteiger charge is -2.29. The van der Waals surface area contributed by atoms with Crippen LogP contribution in [0.5, 0.6) is 11.6 Å². The summed E-state index contributed by atoms with van der Waals surface area (Å²) in [5.74, 6) is -0.914. The van der Waals surface area contributed by atoms with E-state index >= 15 is 0 Å². The van der Waals surface area contributed by atoms with Crippen LogP contribution in [0.25, 0.3) is 11.1 Å². The van der Waals surface area contributed by atoms with Crippen molar-refractivity contribution < 1.29 is 31.3 Å². The van der Waals surface area contributed by atoms with Gasteiger partial charge in [0.2, 0.25) is 5.88 Å². The Morgan fingerprint density at radius 2 is 1.67 bits per heavy atom. The van der Waals surface area contributed by atoms with Crippen molar-refractivity contribution in [3.05, 3.63) is 95.2 Å². The highest BCUT2D eigenvalue weighted by Gasteiger charge is 2.27. The van der Waals surface area contributed by atoms with Gasteiger partial charge in [-0.1, -0.05) is 36.4 Å². The molecule has 1 aliphatic carbocycles. The molecule has 4 aromatic rings. The number of fused-ring (bicyclic) bond motifs is 1. The fraction of sp³-hybridized carbons (Fsp3) is 0.371. The molecule has 13 heteroatoms. The predicted octanol–water partition coefficient (Wildman–Crippen LogP) is 5.20. The maximum atomic E-state index is 14.3. The van der Waals surface area contributed by atoms with Crippen molar-refractivity contribution in [1.29, 1.82) is 0 Å². The van der Waals surface area contributed by atoms with Gasteiger partial charge >= 0.3 is 0 Å². The third kappa shape index (κ3) is 8.64. The van der Waals surface area contributed by atoms with E-state index in [2.05, 4.69) is 20.7 Å². The van der Waals surface area contributed by atoms with Crippen LogP contribution < -0.4 is 15.4 Å². The number of benzene rings is 2. The van der Waals surface area contributed by atoms with Crippen molar-refractivity contribution in [2.45, 2.75) is 70.0 Å². The molecular weight excluding hydrogens is 637 g/mol. The van der Waals surface area contributed by atoms with Crippen LogP contribution in [0, 0.1) is 5.82 Å². The normalized spacial score (nSPS) is 17.7. The Morgan fingerprint density at radius 3 is 2.38 bits per heavy atom. The van der Waals surface area contributed by atoms with Crippen molar-refractivity contribution in [2.75, 3.05) is 12.9 Å². The van der Waals surface area contributed by atoms with Gasteiger partial charge in [-0.05, 0) is 92.3 Å². The second-order valence-electron chi connectivity index (χ2n) is 12.3. The first-order valence-corrected chi connectivity index (χ1v) is 18.0. The highest BCUT2D eigenvalue weighted by atomic mass is 32.2. The molecule has 252 valence electrons. The van der Waals surface area contributed by atoms with Gasteiger partial charge in [-0.2, -0.15) is 13.5 Å². The van der Waals surface area contributed by atoms with Crippen molar-refractivity contribution in [3.8, 4) is 22.8 Å². The summed E-state index contributed by atoms with van der Waals surface area (Å²) in [5.41, 5.74) is 4.20. The first-order chi connectivity index (χ1) is 23.1. The van der Waals surface area contributed by atoms with Crippen LogP contribution in [-0.4, -0.2) is 59.9 Å². The number of amides is 2. The van der Waals surface area contributed by atoms with Crippen molar-refractivity contribution in [3.63, 3.8) is 0 Å². The van der Waals surface area contributed by atoms with E-state index in [-0.39, 0.29) is 36.0 Å². The van der Waals surface area contributed by atoms with Gasteiger partial charge in [0.15, 0.2) is 0 Å². The largest absolute Gasteiger partial charge is 0.438 e. The van der Waals surface area contributed by atoms with Crippen LogP contribution in [0.2, 0.25) is 0 Å². The quantitative estimate of drug-likeness (QED) is 0.207. The fourth-order valence-corrected chi connectivity index (χ4v) is 6.52.